The molecule has 2 aliphatic heterocycles. The van der Waals surface area contributed by atoms with Gasteiger partial charge in [0.2, 0.25) is 5.91 Å². The molecule has 2 aliphatic rings. The molecule has 0 bridgehead atoms. The van der Waals surface area contributed by atoms with E-state index in [0.29, 0.717) is 30.6 Å². The van der Waals surface area contributed by atoms with Crippen molar-refractivity contribution in [3.05, 3.63) is 76.8 Å². The highest BCUT2D eigenvalue weighted by Gasteiger charge is 2.28. The summed E-state index contributed by atoms with van der Waals surface area (Å²) in [4.78, 5) is 37.3. The summed E-state index contributed by atoms with van der Waals surface area (Å²) < 4.78 is 11.2. The van der Waals surface area contributed by atoms with Crippen LogP contribution in [0.5, 0.6) is 5.75 Å². The van der Waals surface area contributed by atoms with Crippen LogP contribution in [0.3, 0.4) is 0 Å². The van der Waals surface area contributed by atoms with Gasteiger partial charge in [-0.15, -0.1) is 0 Å². The normalized spacial score (nSPS) is 19.7. The van der Waals surface area contributed by atoms with Crippen molar-refractivity contribution < 1.29 is 23.8 Å². The molecule has 3 atom stereocenters. The summed E-state index contributed by atoms with van der Waals surface area (Å²) in [5.41, 5.74) is 4.71. The molecule has 1 fully saturated rings. The van der Waals surface area contributed by atoms with Gasteiger partial charge in [0.15, 0.2) is 12.2 Å². The molecule has 2 amide bonds. The number of nitrogens with zero attached hydrogens (tertiary/aromatic N) is 4. The van der Waals surface area contributed by atoms with Gasteiger partial charge in [0.1, 0.15) is 12.4 Å². The van der Waals surface area contributed by atoms with E-state index in [1.54, 1.807) is 19.2 Å². The summed E-state index contributed by atoms with van der Waals surface area (Å²) in [7, 11) is 0. The zero-order valence-electron chi connectivity index (χ0n) is 24.7. The summed E-state index contributed by atoms with van der Waals surface area (Å²) in [6.45, 7) is 9.77. The lowest BCUT2D eigenvalue weighted by molar-refractivity contribution is -0.131. The average Bonchev–Trinajstić information content (AvgIpc) is 3.40. The van der Waals surface area contributed by atoms with Crippen molar-refractivity contribution in [2.24, 2.45) is 11.8 Å². The second-order valence-electron chi connectivity index (χ2n) is 11.7. The number of rotatable bonds is 10. The predicted octanol–water partition coefficient (Wildman–Crippen LogP) is 3.15. The summed E-state index contributed by atoms with van der Waals surface area (Å²) >= 11 is 0. The van der Waals surface area contributed by atoms with E-state index >= 15 is 0 Å². The minimum absolute atomic E-state index is 0.124. The number of hydrogen-bond donors (Lipinski definition) is 2. The van der Waals surface area contributed by atoms with Gasteiger partial charge in [-0.1, -0.05) is 13.0 Å². The van der Waals surface area contributed by atoms with Crippen molar-refractivity contribution in [3.8, 4) is 5.75 Å². The predicted molar refractivity (Wildman–Crippen MR) is 157 cm³/mol. The average molecular weight is 576 g/mol. The van der Waals surface area contributed by atoms with Gasteiger partial charge in [-0.05, 0) is 73.4 Å². The smallest absolute Gasteiger partial charge is 0.251 e. The lowest BCUT2D eigenvalue weighted by atomic mass is 9.83. The van der Waals surface area contributed by atoms with E-state index in [9.17, 15) is 14.7 Å². The standard InChI is InChI=1S/C32H41N5O5/c1-21-16-37(23(3)38)11-8-24(21)12-28-13-26(6-9-33-28)32(40)34-15-29(39)18-36-10-7-25-14-30(5-4-27(25)17-36)41-19-31-22(2)35-20-42-31/h4-6,9,13-14,20-21,24,29,39H,7-8,10-12,15-19H2,1-3H3,(H,34,40)/t21?,24?,29-/m0/s1. The third-order valence-electron chi connectivity index (χ3n) is 8.53. The molecule has 2 unspecified atom stereocenters. The van der Waals surface area contributed by atoms with Crippen molar-refractivity contribution in [1.29, 1.82) is 0 Å². The molecule has 10 nitrogen and oxygen atoms in total. The van der Waals surface area contributed by atoms with Crippen LogP contribution in [0, 0.1) is 18.8 Å². The quantitative estimate of drug-likeness (QED) is 0.378. The van der Waals surface area contributed by atoms with Gasteiger partial charge in [0.05, 0.1) is 11.8 Å². The maximum atomic E-state index is 12.9. The Morgan fingerprint density at radius 1 is 1.19 bits per heavy atom. The minimum Gasteiger partial charge on any atom is -0.486 e. The number of nitrogens with one attached hydrogen (secondary N) is 1. The molecule has 0 aliphatic carbocycles. The molecule has 3 aromatic rings. The molecule has 1 saturated heterocycles. The number of fused-ring (bicyclic) bond motifs is 1. The van der Waals surface area contributed by atoms with Crippen LogP contribution >= 0.6 is 0 Å². The van der Waals surface area contributed by atoms with E-state index in [2.05, 4.69) is 39.2 Å². The number of β-amino-alcohol motifs (C(OH)–C–C–N with tert-alkyl or cyclic N) is 1. The lowest BCUT2D eigenvalue weighted by Crippen LogP contribution is -2.42. The van der Waals surface area contributed by atoms with E-state index in [1.165, 1.54) is 17.5 Å². The van der Waals surface area contributed by atoms with E-state index in [0.717, 1.165) is 68.3 Å². The van der Waals surface area contributed by atoms with Crippen LogP contribution in [0.1, 0.15) is 58.9 Å². The Morgan fingerprint density at radius 2 is 2.05 bits per heavy atom. The van der Waals surface area contributed by atoms with Crippen molar-refractivity contribution in [1.82, 2.24) is 25.1 Å². The molecule has 4 heterocycles. The van der Waals surface area contributed by atoms with Crippen LogP contribution in [0.25, 0.3) is 0 Å². The van der Waals surface area contributed by atoms with Gasteiger partial charge < -0.3 is 24.5 Å². The Balaban J connectivity index is 1.07. The number of ether oxygens (including phenoxy) is 1. The lowest BCUT2D eigenvalue weighted by Gasteiger charge is -2.36. The monoisotopic (exact) mass is 575 g/mol. The van der Waals surface area contributed by atoms with E-state index in [1.807, 2.05) is 24.0 Å². The van der Waals surface area contributed by atoms with E-state index in [-0.39, 0.29) is 18.4 Å². The first-order valence-electron chi connectivity index (χ1n) is 14.8. The number of pyridine rings is 1. The number of aromatic nitrogens is 2. The first-order chi connectivity index (χ1) is 20.2. The molecule has 1 aromatic carbocycles. The first-order valence-corrected chi connectivity index (χ1v) is 14.8. The number of hydrogen-bond acceptors (Lipinski definition) is 8. The zero-order chi connectivity index (χ0) is 29.6. The highest BCUT2D eigenvalue weighted by atomic mass is 16.5. The molecule has 0 saturated carbocycles. The molecular formula is C32H41N5O5. The number of benzene rings is 1. The van der Waals surface area contributed by atoms with Crippen molar-refractivity contribution in [3.63, 3.8) is 0 Å². The summed E-state index contributed by atoms with van der Waals surface area (Å²) in [5.74, 6) is 2.23. The summed E-state index contributed by atoms with van der Waals surface area (Å²) in [5, 5.41) is 13.6. The molecule has 10 heteroatoms. The van der Waals surface area contributed by atoms with Crippen LogP contribution in [0.15, 0.2) is 47.3 Å². The molecule has 5 rings (SSSR count). The van der Waals surface area contributed by atoms with Gasteiger partial charge in [0.25, 0.3) is 5.91 Å². The topological polar surface area (TPSA) is 121 Å². The van der Waals surface area contributed by atoms with E-state index in [4.69, 9.17) is 9.15 Å². The number of carbonyl (C=O) groups is 2. The highest BCUT2D eigenvalue weighted by molar-refractivity contribution is 5.94. The third-order valence-corrected chi connectivity index (χ3v) is 8.53. The number of oxazole rings is 1. The first kappa shape index (κ1) is 29.7. The van der Waals surface area contributed by atoms with Crippen LogP contribution in [0.2, 0.25) is 0 Å². The van der Waals surface area contributed by atoms with Crippen molar-refractivity contribution >= 4 is 11.8 Å². The highest BCUT2D eigenvalue weighted by Crippen LogP contribution is 2.27. The number of piperidine rings is 1. The van der Waals surface area contributed by atoms with E-state index < -0.39 is 6.10 Å². The number of aliphatic hydroxyl groups excluding tert-OH is 1. The third kappa shape index (κ3) is 7.54. The van der Waals surface area contributed by atoms with Crippen LogP contribution in [-0.2, 0) is 30.8 Å². The molecular weight excluding hydrogens is 534 g/mol. The maximum Gasteiger partial charge on any atom is 0.251 e. The fourth-order valence-corrected chi connectivity index (χ4v) is 5.91. The Kier molecular flexibility index (Phi) is 9.54. The number of aryl methyl sites for hydroxylation is 1. The Labute approximate surface area is 247 Å². The number of likely N-dealkylation sites (tertiary alicyclic amines) is 1. The zero-order valence-corrected chi connectivity index (χ0v) is 24.7. The second kappa shape index (κ2) is 13.5. The molecule has 2 aromatic heterocycles. The molecule has 42 heavy (non-hydrogen) atoms. The van der Waals surface area contributed by atoms with Gasteiger partial charge >= 0.3 is 0 Å². The SMILES string of the molecule is CC(=O)N1CCC(Cc2cc(C(=O)NC[C@H](O)CN3CCc4cc(OCc5ocnc5C)ccc4C3)ccn2)C(C)C1. The van der Waals surface area contributed by atoms with Crippen molar-refractivity contribution in [2.75, 3.05) is 32.7 Å². The Hall–Kier alpha value is -3.76. The number of aliphatic hydroxyl groups is 1. The van der Waals surface area contributed by atoms with Gasteiger partial charge in [0, 0.05) is 63.6 Å². The maximum absolute atomic E-state index is 12.9. The van der Waals surface area contributed by atoms with Crippen LogP contribution < -0.4 is 10.1 Å². The fourth-order valence-electron chi connectivity index (χ4n) is 5.91. The Morgan fingerprint density at radius 3 is 2.81 bits per heavy atom. The Bertz CT molecular complexity index is 1390. The minimum atomic E-state index is -0.683. The molecule has 2 N–H and O–H groups in total. The second-order valence-corrected chi connectivity index (χ2v) is 11.7. The van der Waals surface area contributed by atoms with Crippen molar-refractivity contribution in [2.45, 2.75) is 59.3 Å². The fraction of sp³-hybridized carbons (Fsp3) is 0.500. The number of carbonyl (C=O) groups excluding carboxylic acids is 2. The molecule has 0 radical (unpaired) electrons. The summed E-state index contributed by atoms with van der Waals surface area (Å²) in [6, 6.07) is 9.67. The molecule has 0 spiro atoms. The summed E-state index contributed by atoms with van der Waals surface area (Å²) in [6.07, 6.45) is 4.99. The molecule has 224 valence electrons. The van der Waals surface area contributed by atoms with Gasteiger partial charge in [-0.25, -0.2) is 4.98 Å². The van der Waals surface area contributed by atoms with Gasteiger partial charge in [-0.3, -0.25) is 19.5 Å². The van der Waals surface area contributed by atoms with Crippen LogP contribution in [0.4, 0.5) is 0 Å². The van der Waals surface area contributed by atoms with Crippen LogP contribution in [-0.4, -0.2) is 75.5 Å². The largest absolute Gasteiger partial charge is 0.486 e. The number of amides is 2. The van der Waals surface area contributed by atoms with Gasteiger partial charge in [-0.2, -0.15) is 0 Å².